The Morgan fingerprint density at radius 3 is 2.86 bits per heavy atom. The zero-order valence-electron chi connectivity index (χ0n) is 12.9. The number of amides is 1. The minimum atomic E-state index is -0.200. The maximum Gasteiger partial charge on any atom is 0.266 e. The van der Waals surface area contributed by atoms with Gasteiger partial charge in [-0.05, 0) is 26.8 Å². The van der Waals surface area contributed by atoms with E-state index in [-0.39, 0.29) is 12.0 Å². The van der Waals surface area contributed by atoms with Crippen LogP contribution < -0.4 is 0 Å². The molecule has 0 bridgehead atoms. The summed E-state index contributed by atoms with van der Waals surface area (Å²) in [6.45, 7) is 7.25. The number of ether oxygens (including phenoxy) is 1. The second kappa shape index (κ2) is 6.10. The highest BCUT2D eigenvalue weighted by Crippen LogP contribution is 2.24. The topological polar surface area (TPSA) is 68.2 Å². The van der Waals surface area contributed by atoms with Gasteiger partial charge in [-0.3, -0.25) is 4.79 Å². The molecule has 0 N–H and O–H groups in total. The average Bonchev–Trinajstić information content (AvgIpc) is 2.85. The lowest BCUT2D eigenvalue weighted by Crippen LogP contribution is -2.42. The molecular weight excluding hydrogens is 300 g/mol. The number of carbonyl (C=O) groups is 1. The van der Waals surface area contributed by atoms with E-state index < -0.39 is 0 Å². The highest BCUT2D eigenvalue weighted by Gasteiger charge is 2.28. The zero-order valence-corrected chi connectivity index (χ0v) is 13.7. The van der Waals surface area contributed by atoms with Crippen LogP contribution in [-0.2, 0) is 4.74 Å². The van der Waals surface area contributed by atoms with E-state index in [2.05, 4.69) is 15.0 Å². The Labute approximate surface area is 133 Å². The highest BCUT2D eigenvalue weighted by atomic mass is 32.1. The summed E-state index contributed by atoms with van der Waals surface area (Å²) in [5, 5.41) is 0.914. The first-order valence-corrected chi connectivity index (χ1v) is 8.00. The van der Waals surface area contributed by atoms with Gasteiger partial charge in [-0.25, -0.2) is 15.0 Å². The van der Waals surface area contributed by atoms with E-state index in [4.69, 9.17) is 4.74 Å². The lowest BCUT2D eigenvalue weighted by Gasteiger charge is -2.32. The van der Waals surface area contributed by atoms with Crippen LogP contribution in [0, 0.1) is 20.8 Å². The minimum Gasteiger partial charge on any atom is -0.368 e. The SMILES string of the molecule is Cc1nccc([C@H]2CN(C(=O)c3sc(C)nc3C)CCO2)n1. The molecule has 7 heteroatoms. The molecule has 0 saturated carbocycles. The summed E-state index contributed by atoms with van der Waals surface area (Å²) >= 11 is 1.45. The van der Waals surface area contributed by atoms with E-state index in [1.54, 1.807) is 6.20 Å². The molecule has 116 valence electrons. The van der Waals surface area contributed by atoms with Crippen molar-refractivity contribution >= 4 is 17.2 Å². The fourth-order valence-electron chi connectivity index (χ4n) is 2.54. The largest absolute Gasteiger partial charge is 0.368 e. The molecule has 1 aliphatic rings. The lowest BCUT2D eigenvalue weighted by atomic mass is 10.2. The van der Waals surface area contributed by atoms with Gasteiger partial charge in [0.05, 0.1) is 29.5 Å². The van der Waals surface area contributed by atoms with Crippen LogP contribution in [0.15, 0.2) is 12.3 Å². The summed E-state index contributed by atoms with van der Waals surface area (Å²) in [6, 6.07) is 1.84. The normalized spacial score (nSPS) is 18.5. The minimum absolute atomic E-state index is 0.0298. The number of hydrogen-bond donors (Lipinski definition) is 0. The molecule has 0 aliphatic carbocycles. The molecule has 1 fully saturated rings. The zero-order chi connectivity index (χ0) is 15.7. The first-order chi connectivity index (χ1) is 10.5. The molecule has 1 saturated heterocycles. The van der Waals surface area contributed by atoms with Crippen LogP contribution in [0.25, 0.3) is 0 Å². The Morgan fingerprint density at radius 1 is 1.36 bits per heavy atom. The van der Waals surface area contributed by atoms with Crippen molar-refractivity contribution in [3.8, 4) is 0 Å². The van der Waals surface area contributed by atoms with E-state index >= 15 is 0 Å². The van der Waals surface area contributed by atoms with E-state index in [0.29, 0.717) is 25.5 Å². The van der Waals surface area contributed by atoms with Crippen molar-refractivity contribution in [2.24, 2.45) is 0 Å². The Hall–Kier alpha value is -1.86. The fraction of sp³-hybridized carbons (Fsp3) is 0.467. The quantitative estimate of drug-likeness (QED) is 0.848. The first-order valence-electron chi connectivity index (χ1n) is 7.19. The van der Waals surface area contributed by atoms with Crippen LogP contribution >= 0.6 is 11.3 Å². The number of morpholine rings is 1. The second-order valence-corrected chi connectivity index (χ2v) is 6.49. The molecule has 1 amide bonds. The van der Waals surface area contributed by atoms with Gasteiger partial charge in [0.2, 0.25) is 0 Å². The highest BCUT2D eigenvalue weighted by molar-refractivity contribution is 7.13. The molecule has 0 unspecified atom stereocenters. The Kier molecular flexibility index (Phi) is 4.17. The molecule has 22 heavy (non-hydrogen) atoms. The van der Waals surface area contributed by atoms with Crippen LogP contribution in [0.4, 0.5) is 0 Å². The summed E-state index contributed by atoms with van der Waals surface area (Å²) in [5.41, 5.74) is 1.62. The maximum atomic E-state index is 12.7. The van der Waals surface area contributed by atoms with Gasteiger partial charge >= 0.3 is 0 Å². The van der Waals surface area contributed by atoms with E-state index in [0.717, 1.165) is 21.3 Å². The standard InChI is InChI=1S/C15H18N4O2S/c1-9-14(22-11(3)17-9)15(20)19-6-7-21-13(8-19)12-4-5-16-10(2)18-12/h4-5,13H,6-8H2,1-3H3/t13-/m1/s1. The number of aromatic nitrogens is 3. The summed E-state index contributed by atoms with van der Waals surface area (Å²) in [7, 11) is 0. The smallest absolute Gasteiger partial charge is 0.266 e. The predicted octanol–water partition coefficient (Wildman–Crippen LogP) is 2.07. The predicted molar refractivity (Wildman–Crippen MR) is 83.0 cm³/mol. The van der Waals surface area contributed by atoms with Crippen LogP contribution in [0.1, 0.15) is 38.0 Å². The van der Waals surface area contributed by atoms with Crippen LogP contribution in [0.2, 0.25) is 0 Å². The van der Waals surface area contributed by atoms with Gasteiger partial charge in [0.1, 0.15) is 16.8 Å². The third-order valence-electron chi connectivity index (χ3n) is 3.58. The molecule has 0 radical (unpaired) electrons. The van der Waals surface area contributed by atoms with Crippen LogP contribution in [0.3, 0.4) is 0 Å². The van der Waals surface area contributed by atoms with Crippen LogP contribution in [-0.4, -0.2) is 45.5 Å². The first kappa shape index (κ1) is 15.1. The molecule has 3 heterocycles. The maximum absolute atomic E-state index is 12.7. The molecular formula is C15H18N4O2S. The molecule has 0 spiro atoms. The Balaban J connectivity index is 1.78. The molecule has 0 aromatic carbocycles. The van der Waals surface area contributed by atoms with Crippen LogP contribution in [0.5, 0.6) is 0 Å². The van der Waals surface area contributed by atoms with Gasteiger partial charge in [-0.1, -0.05) is 0 Å². The molecule has 6 nitrogen and oxygen atoms in total. The van der Waals surface area contributed by atoms with Crippen molar-refractivity contribution in [1.82, 2.24) is 19.9 Å². The molecule has 1 atom stereocenters. The van der Waals surface area contributed by atoms with E-state index in [1.165, 1.54) is 11.3 Å². The van der Waals surface area contributed by atoms with Crippen molar-refractivity contribution < 1.29 is 9.53 Å². The monoisotopic (exact) mass is 318 g/mol. The Morgan fingerprint density at radius 2 is 2.18 bits per heavy atom. The Bertz CT molecular complexity index is 701. The summed E-state index contributed by atoms with van der Waals surface area (Å²) in [4.78, 5) is 28.1. The number of hydrogen-bond acceptors (Lipinski definition) is 6. The van der Waals surface area contributed by atoms with E-state index in [9.17, 15) is 4.79 Å². The third kappa shape index (κ3) is 3.00. The number of rotatable bonds is 2. The van der Waals surface area contributed by atoms with Gasteiger partial charge in [0, 0.05) is 12.7 Å². The molecule has 2 aromatic heterocycles. The summed E-state index contributed by atoms with van der Waals surface area (Å²) in [6.07, 6.45) is 1.52. The van der Waals surface area contributed by atoms with Gasteiger partial charge < -0.3 is 9.64 Å². The number of nitrogens with zero attached hydrogens (tertiary/aromatic N) is 4. The van der Waals surface area contributed by atoms with E-state index in [1.807, 2.05) is 31.7 Å². The van der Waals surface area contributed by atoms with Gasteiger partial charge in [0.15, 0.2) is 0 Å². The van der Waals surface area contributed by atoms with Gasteiger partial charge in [-0.2, -0.15) is 0 Å². The van der Waals surface area contributed by atoms with Gasteiger partial charge in [-0.15, -0.1) is 11.3 Å². The van der Waals surface area contributed by atoms with Crippen molar-refractivity contribution in [3.63, 3.8) is 0 Å². The fourth-order valence-corrected chi connectivity index (χ4v) is 3.43. The second-order valence-electron chi connectivity index (χ2n) is 5.29. The van der Waals surface area contributed by atoms with Crippen molar-refractivity contribution in [1.29, 1.82) is 0 Å². The summed E-state index contributed by atoms with van der Waals surface area (Å²) < 4.78 is 5.77. The molecule has 2 aromatic rings. The lowest BCUT2D eigenvalue weighted by molar-refractivity contribution is -0.0247. The average molecular weight is 318 g/mol. The number of aryl methyl sites for hydroxylation is 3. The van der Waals surface area contributed by atoms with Gasteiger partial charge in [0.25, 0.3) is 5.91 Å². The third-order valence-corrected chi connectivity index (χ3v) is 4.64. The number of thiazole rings is 1. The summed E-state index contributed by atoms with van der Waals surface area (Å²) in [5.74, 6) is 0.737. The number of carbonyl (C=O) groups excluding carboxylic acids is 1. The molecule has 1 aliphatic heterocycles. The van der Waals surface area contributed by atoms with Crippen molar-refractivity contribution in [3.05, 3.63) is 39.4 Å². The van der Waals surface area contributed by atoms with Crippen molar-refractivity contribution in [2.45, 2.75) is 26.9 Å². The van der Waals surface area contributed by atoms with Crippen molar-refractivity contribution in [2.75, 3.05) is 19.7 Å². The molecule has 3 rings (SSSR count).